The van der Waals surface area contributed by atoms with Crippen molar-refractivity contribution in [1.82, 2.24) is 9.62 Å². The molecule has 0 saturated carbocycles. The predicted octanol–water partition coefficient (Wildman–Crippen LogP) is 0.470. The quantitative estimate of drug-likeness (QED) is 0.837. The second-order valence-corrected chi connectivity index (χ2v) is 9.56. The zero-order chi connectivity index (χ0) is 17.4. The van der Waals surface area contributed by atoms with Crippen LogP contribution in [0.4, 0.5) is 0 Å². The number of nitrogens with one attached hydrogen (secondary N) is 1. The predicted molar refractivity (Wildman–Crippen MR) is 86.9 cm³/mol. The number of ether oxygens (including phenoxy) is 1. The number of piperazine rings is 1. The van der Waals surface area contributed by atoms with Gasteiger partial charge in [-0.25, -0.2) is 16.8 Å². The van der Waals surface area contributed by atoms with Crippen molar-refractivity contribution in [3.05, 3.63) is 18.2 Å². The van der Waals surface area contributed by atoms with Gasteiger partial charge >= 0.3 is 0 Å². The molecule has 1 aromatic rings. The number of hydrogen-bond donors (Lipinski definition) is 1. The van der Waals surface area contributed by atoms with Crippen LogP contribution in [-0.4, -0.2) is 59.7 Å². The number of nitrogens with zero attached hydrogens (tertiary/aromatic N) is 1. The monoisotopic (exact) mass is 362 g/mol. The average Bonchev–Trinajstić information content (AvgIpc) is 2.48. The van der Waals surface area contributed by atoms with Crippen LogP contribution in [-0.2, 0) is 19.9 Å². The van der Waals surface area contributed by atoms with Crippen LogP contribution in [0.25, 0.3) is 0 Å². The van der Waals surface area contributed by atoms with E-state index in [0.717, 1.165) is 6.26 Å². The van der Waals surface area contributed by atoms with E-state index >= 15 is 0 Å². The summed E-state index contributed by atoms with van der Waals surface area (Å²) < 4.78 is 56.1. The largest absolute Gasteiger partial charge is 0.495 e. The van der Waals surface area contributed by atoms with Gasteiger partial charge in [0.2, 0.25) is 10.0 Å². The first-order valence-corrected chi connectivity index (χ1v) is 10.6. The number of rotatable bonds is 4. The van der Waals surface area contributed by atoms with Crippen molar-refractivity contribution in [1.29, 1.82) is 0 Å². The molecule has 2 atom stereocenters. The van der Waals surface area contributed by atoms with Crippen LogP contribution >= 0.6 is 0 Å². The summed E-state index contributed by atoms with van der Waals surface area (Å²) in [5, 5.41) is 3.22. The number of hydrogen-bond acceptors (Lipinski definition) is 6. The molecule has 2 rings (SSSR count). The van der Waals surface area contributed by atoms with Gasteiger partial charge in [0.05, 0.1) is 12.0 Å². The lowest BCUT2D eigenvalue weighted by Gasteiger charge is -2.37. The Bertz CT molecular complexity index is 789. The van der Waals surface area contributed by atoms with Gasteiger partial charge in [0, 0.05) is 31.4 Å². The lowest BCUT2D eigenvalue weighted by Crippen LogP contribution is -2.57. The molecule has 130 valence electrons. The van der Waals surface area contributed by atoms with Crippen LogP contribution in [0.15, 0.2) is 28.0 Å². The van der Waals surface area contributed by atoms with Crippen molar-refractivity contribution in [3.63, 3.8) is 0 Å². The molecule has 1 aliphatic heterocycles. The zero-order valence-corrected chi connectivity index (χ0v) is 15.2. The molecule has 2 unspecified atom stereocenters. The molecule has 1 aliphatic rings. The van der Waals surface area contributed by atoms with Crippen molar-refractivity contribution >= 4 is 19.9 Å². The SMILES string of the molecule is COc1ccc(S(C)(=O)=O)cc1S(=O)(=O)N1CCNC(C)C1C. The van der Waals surface area contributed by atoms with Gasteiger partial charge in [0.1, 0.15) is 10.6 Å². The summed E-state index contributed by atoms with van der Waals surface area (Å²) in [6.07, 6.45) is 1.04. The molecule has 0 bridgehead atoms. The van der Waals surface area contributed by atoms with E-state index in [-0.39, 0.29) is 27.6 Å². The zero-order valence-electron chi connectivity index (χ0n) is 13.6. The molecule has 1 saturated heterocycles. The molecule has 0 amide bonds. The van der Waals surface area contributed by atoms with Gasteiger partial charge in [-0.15, -0.1) is 0 Å². The summed E-state index contributed by atoms with van der Waals surface area (Å²) in [6, 6.07) is 3.64. The third-order valence-corrected chi connectivity index (χ3v) is 7.24. The number of sulfone groups is 1. The summed E-state index contributed by atoms with van der Waals surface area (Å²) in [6.45, 7) is 4.59. The normalized spacial score (nSPS) is 23.7. The standard InChI is InChI=1S/C14H22N2O5S2/c1-10-11(2)16(8-7-15-10)23(19,20)14-9-12(22(4,17)18)5-6-13(14)21-3/h5-6,9-11,15H,7-8H2,1-4H3. The van der Waals surface area contributed by atoms with Crippen LogP contribution in [0.5, 0.6) is 5.75 Å². The van der Waals surface area contributed by atoms with Gasteiger partial charge in [-0.2, -0.15) is 4.31 Å². The van der Waals surface area contributed by atoms with E-state index in [1.165, 1.54) is 29.6 Å². The maximum absolute atomic E-state index is 13.0. The van der Waals surface area contributed by atoms with Crippen LogP contribution in [0.3, 0.4) is 0 Å². The average molecular weight is 362 g/mol. The Kier molecular flexibility index (Phi) is 5.05. The van der Waals surface area contributed by atoms with E-state index < -0.39 is 19.9 Å². The molecule has 0 spiro atoms. The summed E-state index contributed by atoms with van der Waals surface area (Å²) in [4.78, 5) is -0.170. The van der Waals surface area contributed by atoms with Crippen molar-refractivity contribution in [2.24, 2.45) is 0 Å². The molecule has 1 aromatic carbocycles. The van der Waals surface area contributed by atoms with E-state index in [0.29, 0.717) is 13.1 Å². The van der Waals surface area contributed by atoms with E-state index in [2.05, 4.69) is 5.32 Å². The summed E-state index contributed by atoms with van der Waals surface area (Å²) in [5.41, 5.74) is 0. The molecule has 9 heteroatoms. The minimum Gasteiger partial charge on any atom is -0.495 e. The topological polar surface area (TPSA) is 92.8 Å². The Labute approximate surface area is 137 Å². The minimum absolute atomic E-state index is 0.00242. The third kappa shape index (κ3) is 3.52. The van der Waals surface area contributed by atoms with E-state index in [1.807, 2.05) is 13.8 Å². The summed E-state index contributed by atoms with van der Waals surface area (Å²) >= 11 is 0. The van der Waals surface area contributed by atoms with Crippen molar-refractivity contribution in [2.45, 2.75) is 35.7 Å². The molecule has 0 aliphatic carbocycles. The second-order valence-electron chi connectivity index (χ2n) is 5.68. The van der Waals surface area contributed by atoms with Gasteiger partial charge in [-0.05, 0) is 32.0 Å². The molecule has 23 heavy (non-hydrogen) atoms. The second kappa shape index (κ2) is 6.39. The molecule has 0 aromatic heterocycles. The fourth-order valence-corrected chi connectivity index (χ4v) is 5.19. The van der Waals surface area contributed by atoms with Gasteiger partial charge in [0.25, 0.3) is 0 Å². The van der Waals surface area contributed by atoms with Gasteiger partial charge in [0.15, 0.2) is 9.84 Å². The fraction of sp³-hybridized carbons (Fsp3) is 0.571. The summed E-state index contributed by atoms with van der Waals surface area (Å²) in [5.74, 6) is 0.135. The highest BCUT2D eigenvalue weighted by Gasteiger charge is 2.36. The minimum atomic E-state index is -3.87. The van der Waals surface area contributed by atoms with Crippen LogP contribution in [0, 0.1) is 0 Å². The third-order valence-electron chi connectivity index (χ3n) is 4.13. The van der Waals surface area contributed by atoms with Crippen LogP contribution < -0.4 is 10.1 Å². The van der Waals surface area contributed by atoms with Crippen molar-refractivity contribution < 1.29 is 21.6 Å². The highest BCUT2D eigenvalue weighted by atomic mass is 32.2. The first-order chi connectivity index (χ1) is 10.6. The first kappa shape index (κ1) is 18.2. The maximum atomic E-state index is 13.0. The Morgan fingerprint density at radius 1 is 1.22 bits per heavy atom. The summed E-state index contributed by atoms with van der Waals surface area (Å²) in [7, 11) is -6.02. The van der Waals surface area contributed by atoms with Gasteiger partial charge < -0.3 is 10.1 Å². The molecule has 1 N–H and O–H groups in total. The molecule has 1 heterocycles. The van der Waals surface area contributed by atoms with E-state index in [1.54, 1.807) is 0 Å². The molecule has 1 fully saturated rings. The molecule has 0 radical (unpaired) electrons. The van der Waals surface area contributed by atoms with E-state index in [4.69, 9.17) is 4.74 Å². The lowest BCUT2D eigenvalue weighted by molar-refractivity contribution is 0.232. The molecular formula is C14H22N2O5S2. The Morgan fingerprint density at radius 3 is 2.43 bits per heavy atom. The Balaban J connectivity index is 2.58. The van der Waals surface area contributed by atoms with Crippen molar-refractivity contribution in [3.8, 4) is 5.75 Å². The number of methoxy groups -OCH3 is 1. The van der Waals surface area contributed by atoms with Crippen molar-refractivity contribution in [2.75, 3.05) is 26.5 Å². The number of benzene rings is 1. The van der Waals surface area contributed by atoms with Crippen LogP contribution in [0.1, 0.15) is 13.8 Å². The Hall–Kier alpha value is -1.16. The molecular weight excluding hydrogens is 340 g/mol. The lowest BCUT2D eigenvalue weighted by atomic mass is 10.1. The van der Waals surface area contributed by atoms with E-state index in [9.17, 15) is 16.8 Å². The molecule has 7 nitrogen and oxygen atoms in total. The highest BCUT2D eigenvalue weighted by Crippen LogP contribution is 2.31. The Morgan fingerprint density at radius 2 is 1.87 bits per heavy atom. The van der Waals surface area contributed by atoms with Gasteiger partial charge in [-0.1, -0.05) is 0 Å². The fourth-order valence-electron chi connectivity index (χ4n) is 2.58. The number of sulfonamides is 1. The highest BCUT2D eigenvalue weighted by molar-refractivity contribution is 7.91. The van der Waals surface area contributed by atoms with Gasteiger partial charge in [-0.3, -0.25) is 0 Å². The smallest absolute Gasteiger partial charge is 0.247 e. The maximum Gasteiger partial charge on any atom is 0.247 e. The van der Waals surface area contributed by atoms with Crippen LogP contribution in [0.2, 0.25) is 0 Å². The first-order valence-electron chi connectivity index (χ1n) is 7.22.